The van der Waals surface area contributed by atoms with Crippen molar-refractivity contribution in [2.75, 3.05) is 5.32 Å². The fourth-order valence-electron chi connectivity index (χ4n) is 0.737. The number of nitrogens with zero attached hydrogens (tertiary/aromatic N) is 1. The molecule has 1 amide bonds. The Morgan fingerprint density at radius 3 is 2.47 bits per heavy atom. The van der Waals surface area contributed by atoms with Gasteiger partial charge in [0.05, 0.1) is 5.69 Å². The average molecular weight is 222 g/mol. The molecule has 1 heterocycles. The summed E-state index contributed by atoms with van der Waals surface area (Å²) in [5.41, 5.74) is -0.595. The molecule has 0 bridgehead atoms. The number of halogens is 4. The fourth-order valence-corrected chi connectivity index (χ4v) is 0.737. The average Bonchev–Trinajstić information content (AvgIpc) is 2.08. The second kappa shape index (κ2) is 3.84. The second-order valence-corrected chi connectivity index (χ2v) is 2.81. The largest absolute Gasteiger partial charge is 0.322 e. The molecule has 3 nitrogen and oxygen atoms in total. The zero-order chi connectivity index (χ0) is 11.6. The predicted molar refractivity (Wildman–Crippen MR) is 43.4 cm³/mol. The molecular formula is C8H6F4N2O. The Labute approximate surface area is 82.1 Å². The van der Waals surface area contributed by atoms with E-state index >= 15 is 0 Å². The SMILES string of the molecule is CC(F)(F)C(=O)Nc1ccc(F)nc1F. The highest BCUT2D eigenvalue weighted by atomic mass is 19.3. The van der Waals surface area contributed by atoms with Gasteiger partial charge in [0.15, 0.2) is 0 Å². The maximum atomic E-state index is 12.8. The number of pyridine rings is 1. The normalized spacial score (nSPS) is 11.3. The van der Waals surface area contributed by atoms with Crippen LogP contribution in [0.5, 0.6) is 0 Å². The van der Waals surface area contributed by atoms with E-state index in [1.54, 1.807) is 5.32 Å². The summed E-state index contributed by atoms with van der Waals surface area (Å²) in [4.78, 5) is 13.4. The lowest BCUT2D eigenvalue weighted by atomic mass is 10.3. The molecule has 0 atom stereocenters. The summed E-state index contributed by atoms with van der Waals surface area (Å²) in [6.45, 7) is 0.358. The summed E-state index contributed by atoms with van der Waals surface area (Å²) >= 11 is 0. The molecule has 0 spiro atoms. The van der Waals surface area contributed by atoms with Gasteiger partial charge in [-0.2, -0.15) is 22.5 Å². The van der Waals surface area contributed by atoms with Crippen molar-refractivity contribution in [3.05, 3.63) is 24.0 Å². The van der Waals surface area contributed by atoms with Crippen molar-refractivity contribution in [2.45, 2.75) is 12.8 Å². The van der Waals surface area contributed by atoms with Crippen LogP contribution < -0.4 is 5.32 Å². The molecule has 0 saturated heterocycles. The van der Waals surface area contributed by atoms with Crippen molar-refractivity contribution >= 4 is 11.6 Å². The summed E-state index contributed by atoms with van der Waals surface area (Å²) in [5, 5.41) is 1.58. The Kier molecular flexibility index (Phi) is 2.92. The van der Waals surface area contributed by atoms with E-state index in [4.69, 9.17) is 0 Å². The first-order valence-corrected chi connectivity index (χ1v) is 3.82. The zero-order valence-electron chi connectivity index (χ0n) is 7.52. The standard InChI is InChI=1S/C8H6F4N2O/c1-8(11,12)7(15)13-4-2-3-5(9)14-6(4)10/h2-3H,1H3,(H,13,15). The highest BCUT2D eigenvalue weighted by Gasteiger charge is 2.32. The minimum absolute atomic E-state index is 0.358. The predicted octanol–water partition coefficient (Wildman–Crippen LogP) is 1.95. The van der Waals surface area contributed by atoms with Gasteiger partial charge in [-0.25, -0.2) is 0 Å². The Balaban J connectivity index is 2.87. The molecule has 1 rings (SSSR count). The molecule has 0 fully saturated rings. The first-order valence-electron chi connectivity index (χ1n) is 3.82. The molecule has 1 N–H and O–H groups in total. The molecule has 0 aromatic carbocycles. The molecule has 0 saturated carbocycles. The highest BCUT2D eigenvalue weighted by molar-refractivity contribution is 5.95. The van der Waals surface area contributed by atoms with Crippen LogP contribution in [-0.2, 0) is 4.79 Å². The van der Waals surface area contributed by atoms with Crippen LogP contribution in [0.4, 0.5) is 23.2 Å². The van der Waals surface area contributed by atoms with Gasteiger partial charge in [-0.1, -0.05) is 0 Å². The van der Waals surface area contributed by atoms with Crippen LogP contribution in [0.25, 0.3) is 0 Å². The molecule has 7 heteroatoms. The molecule has 1 aromatic heterocycles. The van der Waals surface area contributed by atoms with Crippen molar-refractivity contribution in [1.29, 1.82) is 0 Å². The van der Waals surface area contributed by atoms with Crippen molar-refractivity contribution in [3.63, 3.8) is 0 Å². The number of carbonyl (C=O) groups excluding carboxylic acids is 1. The van der Waals surface area contributed by atoms with E-state index < -0.39 is 29.4 Å². The first-order chi connectivity index (χ1) is 6.80. The van der Waals surface area contributed by atoms with Crippen LogP contribution in [0.1, 0.15) is 6.92 Å². The van der Waals surface area contributed by atoms with Crippen LogP contribution in [0.3, 0.4) is 0 Å². The second-order valence-electron chi connectivity index (χ2n) is 2.81. The van der Waals surface area contributed by atoms with Gasteiger partial charge in [0.25, 0.3) is 5.91 Å². The Morgan fingerprint density at radius 2 is 2.00 bits per heavy atom. The number of carbonyl (C=O) groups is 1. The Bertz CT molecular complexity index is 389. The van der Waals surface area contributed by atoms with E-state index in [1.807, 2.05) is 0 Å². The summed E-state index contributed by atoms with van der Waals surface area (Å²) in [6.07, 6.45) is 0. The zero-order valence-corrected chi connectivity index (χ0v) is 7.52. The van der Waals surface area contributed by atoms with Crippen molar-refractivity contribution in [2.24, 2.45) is 0 Å². The highest BCUT2D eigenvalue weighted by Crippen LogP contribution is 2.17. The third-order valence-corrected chi connectivity index (χ3v) is 1.46. The molecule has 0 radical (unpaired) electrons. The van der Waals surface area contributed by atoms with Gasteiger partial charge in [0, 0.05) is 6.92 Å². The number of alkyl halides is 2. The van der Waals surface area contributed by atoms with Crippen LogP contribution >= 0.6 is 0 Å². The van der Waals surface area contributed by atoms with Crippen LogP contribution in [0.2, 0.25) is 0 Å². The summed E-state index contributed by atoms with van der Waals surface area (Å²) in [7, 11) is 0. The number of rotatable bonds is 2. The van der Waals surface area contributed by atoms with E-state index in [-0.39, 0.29) is 0 Å². The molecule has 0 aliphatic heterocycles. The lowest BCUT2D eigenvalue weighted by molar-refractivity contribution is -0.137. The number of hydrogen-bond donors (Lipinski definition) is 1. The van der Waals surface area contributed by atoms with E-state index in [2.05, 4.69) is 4.98 Å². The van der Waals surface area contributed by atoms with Gasteiger partial charge < -0.3 is 5.32 Å². The first kappa shape index (κ1) is 11.4. The lowest BCUT2D eigenvalue weighted by Crippen LogP contribution is -2.31. The summed E-state index contributed by atoms with van der Waals surface area (Å²) in [5.74, 6) is -7.78. The van der Waals surface area contributed by atoms with E-state index in [9.17, 15) is 22.4 Å². The Hall–Kier alpha value is -1.66. The number of aromatic nitrogens is 1. The molecule has 0 unspecified atom stereocenters. The lowest BCUT2D eigenvalue weighted by Gasteiger charge is -2.10. The van der Waals surface area contributed by atoms with Crippen molar-refractivity contribution < 1.29 is 22.4 Å². The maximum Gasteiger partial charge on any atom is 0.322 e. The molecule has 15 heavy (non-hydrogen) atoms. The topological polar surface area (TPSA) is 42.0 Å². The molecule has 1 aromatic rings. The van der Waals surface area contributed by atoms with Crippen LogP contribution in [-0.4, -0.2) is 16.8 Å². The number of anilines is 1. The molecular weight excluding hydrogens is 216 g/mol. The van der Waals surface area contributed by atoms with Crippen molar-refractivity contribution in [3.8, 4) is 0 Å². The van der Waals surface area contributed by atoms with Crippen molar-refractivity contribution in [1.82, 2.24) is 4.98 Å². The van der Waals surface area contributed by atoms with E-state index in [1.165, 1.54) is 0 Å². The Morgan fingerprint density at radius 1 is 1.40 bits per heavy atom. The number of amides is 1. The fraction of sp³-hybridized carbons (Fsp3) is 0.250. The summed E-state index contributed by atoms with van der Waals surface area (Å²) < 4.78 is 49.9. The minimum atomic E-state index is -3.64. The summed E-state index contributed by atoms with van der Waals surface area (Å²) in [6, 6.07) is 1.55. The van der Waals surface area contributed by atoms with E-state index in [0.717, 1.165) is 12.1 Å². The van der Waals surface area contributed by atoms with Gasteiger partial charge in [0.1, 0.15) is 0 Å². The van der Waals surface area contributed by atoms with Crippen LogP contribution in [0, 0.1) is 11.9 Å². The van der Waals surface area contributed by atoms with Gasteiger partial charge in [0.2, 0.25) is 11.9 Å². The van der Waals surface area contributed by atoms with Gasteiger partial charge in [-0.3, -0.25) is 4.79 Å². The monoisotopic (exact) mass is 222 g/mol. The minimum Gasteiger partial charge on any atom is -0.317 e. The van der Waals surface area contributed by atoms with E-state index in [0.29, 0.717) is 6.92 Å². The number of nitrogens with one attached hydrogen (secondary N) is 1. The quantitative estimate of drug-likeness (QED) is 0.613. The molecule has 0 aliphatic carbocycles. The maximum absolute atomic E-state index is 12.8. The third kappa shape index (κ3) is 2.90. The number of hydrogen-bond acceptors (Lipinski definition) is 2. The molecule has 0 aliphatic rings. The van der Waals surface area contributed by atoms with Crippen LogP contribution in [0.15, 0.2) is 12.1 Å². The van der Waals surface area contributed by atoms with Gasteiger partial charge in [-0.05, 0) is 12.1 Å². The van der Waals surface area contributed by atoms with Gasteiger partial charge in [-0.15, -0.1) is 0 Å². The molecule has 82 valence electrons. The third-order valence-electron chi connectivity index (χ3n) is 1.46. The van der Waals surface area contributed by atoms with Gasteiger partial charge >= 0.3 is 5.92 Å². The smallest absolute Gasteiger partial charge is 0.317 e.